The van der Waals surface area contributed by atoms with Crippen molar-refractivity contribution in [1.29, 1.82) is 0 Å². The zero-order valence-electron chi connectivity index (χ0n) is 13.1. The third kappa shape index (κ3) is 2.78. The summed E-state index contributed by atoms with van der Waals surface area (Å²) >= 11 is 0. The minimum atomic E-state index is 0.273. The maximum absolute atomic E-state index is 5.45. The molecule has 3 aromatic rings. The van der Waals surface area contributed by atoms with E-state index in [2.05, 4.69) is 59.8 Å². The fourth-order valence-electron chi connectivity index (χ4n) is 3.06. The Morgan fingerprint density at radius 1 is 1.13 bits per heavy atom. The minimum absolute atomic E-state index is 0.273. The summed E-state index contributed by atoms with van der Waals surface area (Å²) in [5, 5.41) is 4.89. The van der Waals surface area contributed by atoms with Crippen molar-refractivity contribution in [3.63, 3.8) is 0 Å². The van der Waals surface area contributed by atoms with Crippen molar-refractivity contribution < 1.29 is 9.47 Å². The Labute approximate surface area is 135 Å². The molecule has 0 spiro atoms. The van der Waals surface area contributed by atoms with Crippen molar-refractivity contribution in [1.82, 2.24) is 10.3 Å². The van der Waals surface area contributed by atoms with Gasteiger partial charge in [0.25, 0.3) is 0 Å². The zero-order valence-corrected chi connectivity index (χ0v) is 13.1. The van der Waals surface area contributed by atoms with Gasteiger partial charge < -0.3 is 19.8 Å². The second-order valence-electron chi connectivity index (χ2n) is 5.90. The molecule has 1 unspecified atom stereocenters. The summed E-state index contributed by atoms with van der Waals surface area (Å²) in [7, 11) is 0. The maximum atomic E-state index is 5.45. The summed E-state index contributed by atoms with van der Waals surface area (Å²) in [6.07, 6.45) is 3.11. The molecule has 0 fully saturated rings. The number of fused-ring (bicyclic) bond motifs is 2. The van der Waals surface area contributed by atoms with Crippen LogP contribution < -0.4 is 14.8 Å². The van der Waals surface area contributed by atoms with Gasteiger partial charge >= 0.3 is 0 Å². The first kappa shape index (κ1) is 14.2. The molecule has 2 aromatic carbocycles. The fraction of sp³-hybridized carbons (Fsp3) is 0.263. The van der Waals surface area contributed by atoms with Gasteiger partial charge in [-0.2, -0.15) is 0 Å². The normalized spacial score (nSPS) is 14.3. The van der Waals surface area contributed by atoms with Crippen molar-refractivity contribution >= 4 is 10.9 Å². The molecule has 0 saturated carbocycles. The van der Waals surface area contributed by atoms with Gasteiger partial charge in [-0.25, -0.2) is 0 Å². The van der Waals surface area contributed by atoms with E-state index >= 15 is 0 Å². The van der Waals surface area contributed by atoms with Crippen LogP contribution in [0.3, 0.4) is 0 Å². The van der Waals surface area contributed by atoms with Crippen LogP contribution in [0.5, 0.6) is 11.5 Å². The van der Waals surface area contributed by atoms with Gasteiger partial charge in [0.1, 0.15) is 0 Å². The van der Waals surface area contributed by atoms with Crippen LogP contribution in [0.2, 0.25) is 0 Å². The first-order valence-corrected chi connectivity index (χ1v) is 7.99. The number of ether oxygens (including phenoxy) is 2. The molecule has 4 heteroatoms. The number of aromatic nitrogens is 1. The first-order valence-electron chi connectivity index (χ1n) is 7.99. The lowest BCUT2D eigenvalue weighted by Gasteiger charge is -2.14. The quantitative estimate of drug-likeness (QED) is 0.754. The van der Waals surface area contributed by atoms with Gasteiger partial charge in [-0.05, 0) is 49.2 Å². The predicted octanol–water partition coefficient (Wildman–Crippen LogP) is 3.79. The van der Waals surface area contributed by atoms with E-state index in [0.717, 1.165) is 24.5 Å². The van der Waals surface area contributed by atoms with Crippen molar-refractivity contribution in [3.05, 3.63) is 59.8 Å². The minimum Gasteiger partial charge on any atom is -0.454 e. The number of H-pyrrole nitrogens is 1. The van der Waals surface area contributed by atoms with Crippen LogP contribution in [0, 0.1) is 0 Å². The Balaban J connectivity index is 1.39. The molecule has 0 amide bonds. The lowest BCUT2D eigenvalue weighted by Crippen LogP contribution is -2.21. The Morgan fingerprint density at radius 2 is 2.00 bits per heavy atom. The number of rotatable bonds is 5. The molecular weight excluding hydrogens is 288 g/mol. The van der Waals surface area contributed by atoms with Gasteiger partial charge in [-0.3, -0.25) is 0 Å². The molecule has 1 aliphatic heterocycles. The number of hydrogen-bond acceptors (Lipinski definition) is 3. The summed E-state index contributed by atoms with van der Waals surface area (Å²) in [5.74, 6) is 1.67. The highest BCUT2D eigenvalue weighted by Crippen LogP contribution is 2.34. The van der Waals surface area contributed by atoms with Gasteiger partial charge in [-0.1, -0.05) is 24.3 Å². The smallest absolute Gasteiger partial charge is 0.231 e. The van der Waals surface area contributed by atoms with Gasteiger partial charge in [0, 0.05) is 23.1 Å². The molecule has 118 valence electrons. The molecule has 0 radical (unpaired) electrons. The maximum Gasteiger partial charge on any atom is 0.231 e. The van der Waals surface area contributed by atoms with Crippen molar-refractivity contribution in [3.8, 4) is 11.5 Å². The third-order valence-electron chi connectivity index (χ3n) is 4.42. The highest BCUT2D eigenvalue weighted by Gasteiger charge is 2.15. The van der Waals surface area contributed by atoms with E-state index < -0.39 is 0 Å². The topological polar surface area (TPSA) is 46.3 Å². The van der Waals surface area contributed by atoms with Crippen LogP contribution >= 0.6 is 0 Å². The largest absolute Gasteiger partial charge is 0.454 e. The summed E-state index contributed by atoms with van der Waals surface area (Å²) in [6, 6.07) is 14.8. The van der Waals surface area contributed by atoms with Crippen LogP contribution in [-0.2, 0) is 6.42 Å². The second-order valence-corrected chi connectivity index (χ2v) is 5.90. The number of aromatic amines is 1. The van der Waals surface area contributed by atoms with Crippen LogP contribution in [0.15, 0.2) is 48.7 Å². The molecule has 23 heavy (non-hydrogen) atoms. The molecule has 2 N–H and O–H groups in total. The Kier molecular flexibility index (Phi) is 3.67. The highest BCUT2D eigenvalue weighted by atomic mass is 16.7. The van der Waals surface area contributed by atoms with E-state index in [4.69, 9.17) is 9.47 Å². The van der Waals surface area contributed by atoms with E-state index in [1.165, 1.54) is 22.0 Å². The number of nitrogens with one attached hydrogen (secondary N) is 2. The average Bonchev–Trinajstić information content (AvgIpc) is 3.21. The third-order valence-corrected chi connectivity index (χ3v) is 4.42. The fourth-order valence-corrected chi connectivity index (χ4v) is 3.06. The van der Waals surface area contributed by atoms with Crippen LogP contribution in [0.1, 0.15) is 24.1 Å². The second kappa shape index (κ2) is 5.97. The SMILES string of the molecule is CC(NCCc1c[nH]c2ccccc12)c1ccc2c(c1)OCO2. The van der Waals surface area contributed by atoms with E-state index in [1.54, 1.807) is 0 Å². The van der Waals surface area contributed by atoms with E-state index in [0.29, 0.717) is 6.79 Å². The highest BCUT2D eigenvalue weighted by molar-refractivity contribution is 5.83. The lowest BCUT2D eigenvalue weighted by molar-refractivity contribution is 0.174. The molecule has 1 aliphatic rings. The van der Waals surface area contributed by atoms with Gasteiger partial charge in [0.2, 0.25) is 6.79 Å². The van der Waals surface area contributed by atoms with Crippen LogP contribution in [-0.4, -0.2) is 18.3 Å². The predicted molar refractivity (Wildman–Crippen MR) is 91.0 cm³/mol. The number of benzene rings is 2. The molecule has 4 nitrogen and oxygen atoms in total. The first-order chi connectivity index (χ1) is 11.3. The lowest BCUT2D eigenvalue weighted by atomic mass is 10.1. The average molecular weight is 308 g/mol. The Morgan fingerprint density at radius 3 is 2.96 bits per heavy atom. The number of hydrogen-bond donors (Lipinski definition) is 2. The molecule has 0 aliphatic carbocycles. The molecule has 1 atom stereocenters. The Hall–Kier alpha value is -2.46. The van der Waals surface area contributed by atoms with Gasteiger partial charge in [0.05, 0.1) is 0 Å². The molecule has 2 heterocycles. The summed E-state index contributed by atoms with van der Waals surface area (Å²) < 4.78 is 10.8. The molecule has 4 rings (SSSR count). The van der Waals surface area contributed by atoms with E-state index in [1.807, 2.05) is 6.07 Å². The van der Waals surface area contributed by atoms with E-state index in [-0.39, 0.29) is 6.04 Å². The van der Waals surface area contributed by atoms with E-state index in [9.17, 15) is 0 Å². The van der Waals surface area contributed by atoms with Gasteiger partial charge in [-0.15, -0.1) is 0 Å². The molecule has 0 bridgehead atoms. The molecule has 0 saturated heterocycles. The number of para-hydroxylation sites is 1. The zero-order chi connectivity index (χ0) is 15.6. The van der Waals surface area contributed by atoms with Crippen LogP contribution in [0.25, 0.3) is 10.9 Å². The molecular formula is C19H20N2O2. The summed E-state index contributed by atoms with van der Waals surface area (Å²) in [6.45, 7) is 3.42. The van der Waals surface area contributed by atoms with Gasteiger partial charge in [0.15, 0.2) is 11.5 Å². The van der Waals surface area contributed by atoms with Crippen molar-refractivity contribution in [2.24, 2.45) is 0 Å². The van der Waals surface area contributed by atoms with Crippen LogP contribution in [0.4, 0.5) is 0 Å². The monoisotopic (exact) mass is 308 g/mol. The standard InChI is InChI=1S/C19H20N2O2/c1-13(14-6-7-18-19(10-14)23-12-22-18)20-9-8-15-11-21-17-5-3-2-4-16(15)17/h2-7,10-11,13,20-21H,8-9,12H2,1H3. The summed E-state index contributed by atoms with van der Waals surface area (Å²) in [5.41, 5.74) is 3.77. The van der Waals surface area contributed by atoms with Crippen molar-refractivity contribution in [2.45, 2.75) is 19.4 Å². The Bertz CT molecular complexity index is 825. The van der Waals surface area contributed by atoms with Crippen molar-refractivity contribution in [2.75, 3.05) is 13.3 Å². The summed E-state index contributed by atoms with van der Waals surface area (Å²) in [4.78, 5) is 3.33. The molecule has 1 aromatic heterocycles.